The third-order valence-corrected chi connectivity index (χ3v) is 4.04. The maximum absolute atomic E-state index is 2.38. The van der Waals surface area contributed by atoms with E-state index in [0.29, 0.717) is 5.79 Å². The minimum absolute atomic E-state index is 0.704. The monoisotopic (exact) mass is 160 g/mol. The lowest BCUT2D eigenvalue weighted by molar-refractivity contribution is 0.159. The molecule has 0 aliphatic heterocycles. The second-order valence-electron chi connectivity index (χ2n) is 2.78. The van der Waals surface area contributed by atoms with Crippen molar-refractivity contribution in [2.24, 2.45) is 0 Å². The van der Waals surface area contributed by atoms with Crippen molar-refractivity contribution in [3.63, 3.8) is 0 Å². The average Bonchev–Trinajstić information content (AvgIpc) is 2.00. The molecule has 0 rings (SSSR count). The third-order valence-electron chi connectivity index (χ3n) is 2.27. The summed E-state index contributed by atoms with van der Waals surface area (Å²) in [6.07, 6.45) is 0. The molecular weight excluding hydrogens is 140 g/mol. The molecule has 0 aromatic rings. The zero-order chi connectivity index (χ0) is 8.15. The van der Waals surface area contributed by atoms with Gasteiger partial charge in [-0.2, -0.15) is 0 Å². The lowest BCUT2D eigenvalue weighted by Gasteiger charge is -2.31. The molecule has 0 saturated heterocycles. The van der Waals surface area contributed by atoms with Crippen LogP contribution in [-0.4, -0.2) is 53.0 Å². The van der Waals surface area contributed by atoms with Crippen LogP contribution < -0.4 is 0 Å². The number of hydrogen-bond acceptors (Lipinski definition) is 2. The van der Waals surface area contributed by atoms with Crippen LogP contribution in [0.15, 0.2) is 0 Å². The van der Waals surface area contributed by atoms with Crippen LogP contribution in [0.2, 0.25) is 0 Å². The van der Waals surface area contributed by atoms with E-state index in [1.807, 2.05) is 0 Å². The van der Waals surface area contributed by atoms with E-state index < -0.39 is 0 Å². The smallest absolute Gasteiger partial charge is 0.0428 e. The Balaban J connectivity index is 3.69. The predicted octanol–water partition coefficient (Wildman–Crippen LogP) is -0.461. The Morgan fingerprint density at radius 1 is 1.10 bits per heavy atom. The highest BCUT2D eigenvalue weighted by Crippen LogP contribution is 1.95. The van der Waals surface area contributed by atoms with Crippen LogP contribution in [0.25, 0.3) is 0 Å². The van der Waals surface area contributed by atoms with E-state index in [1.54, 1.807) is 0 Å². The highest BCUT2D eigenvalue weighted by atomic mass is 28.1. The van der Waals surface area contributed by atoms with Crippen molar-refractivity contribution in [2.75, 3.05) is 27.2 Å². The number of nitrogens with zero attached hydrogens (tertiary/aromatic N) is 2. The Bertz CT molecular complexity index is 77.7. The predicted molar refractivity (Wildman–Crippen MR) is 50.3 cm³/mol. The lowest BCUT2D eigenvalue weighted by atomic mass is 10.6. The molecule has 0 fully saturated rings. The van der Waals surface area contributed by atoms with Gasteiger partial charge in [0.1, 0.15) is 0 Å². The second kappa shape index (κ2) is 4.88. The van der Waals surface area contributed by atoms with E-state index in [2.05, 4.69) is 37.7 Å². The molecule has 0 heterocycles. The fraction of sp³-hybridized carbons (Fsp3) is 1.00. The van der Waals surface area contributed by atoms with Crippen LogP contribution in [-0.2, 0) is 0 Å². The molecule has 10 heavy (non-hydrogen) atoms. The summed E-state index contributed by atoms with van der Waals surface area (Å²) in [5.74, 6) is 0.704. The highest BCUT2D eigenvalue weighted by Gasteiger charge is 2.09. The van der Waals surface area contributed by atoms with Crippen molar-refractivity contribution in [1.29, 1.82) is 0 Å². The molecule has 0 bridgehead atoms. The highest BCUT2D eigenvalue weighted by molar-refractivity contribution is 6.11. The first-order valence-electron chi connectivity index (χ1n) is 4.03. The minimum Gasteiger partial charge on any atom is -0.295 e. The maximum atomic E-state index is 2.38. The average molecular weight is 160 g/mol. The standard InChI is InChI=1S/C7H20N2Si/c1-5-8(3)7(10)9(4)6-2/h7H,5-6H2,1-4,10H3. The van der Waals surface area contributed by atoms with Gasteiger partial charge >= 0.3 is 0 Å². The van der Waals surface area contributed by atoms with E-state index in [4.69, 9.17) is 0 Å². The summed E-state index contributed by atoms with van der Waals surface area (Å²) in [5.41, 5.74) is 0. The molecule has 0 amide bonds. The van der Waals surface area contributed by atoms with Crippen LogP contribution >= 0.6 is 0 Å². The first-order valence-corrected chi connectivity index (χ1v) is 5.19. The fourth-order valence-electron chi connectivity index (χ4n) is 0.865. The van der Waals surface area contributed by atoms with Crippen molar-refractivity contribution >= 4 is 10.2 Å². The topological polar surface area (TPSA) is 6.48 Å². The number of hydrogen-bond donors (Lipinski definition) is 0. The van der Waals surface area contributed by atoms with Gasteiger partial charge < -0.3 is 0 Å². The van der Waals surface area contributed by atoms with Gasteiger partial charge in [-0.15, -0.1) is 0 Å². The Kier molecular flexibility index (Phi) is 4.94. The summed E-state index contributed by atoms with van der Waals surface area (Å²) in [5, 5.41) is 0. The van der Waals surface area contributed by atoms with Gasteiger partial charge in [0.05, 0.1) is 0 Å². The molecule has 0 aliphatic carbocycles. The van der Waals surface area contributed by atoms with Crippen LogP contribution in [0, 0.1) is 0 Å². The normalized spacial score (nSPS) is 12.3. The van der Waals surface area contributed by atoms with E-state index in [1.165, 1.54) is 10.2 Å². The Morgan fingerprint density at radius 2 is 1.40 bits per heavy atom. The van der Waals surface area contributed by atoms with Crippen molar-refractivity contribution in [2.45, 2.75) is 19.6 Å². The molecule has 0 aromatic heterocycles. The molecule has 0 radical (unpaired) electrons. The van der Waals surface area contributed by atoms with E-state index in [-0.39, 0.29) is 0 Å². The summed E-state index contributed by atoms with van der Waals surface area (Å²) in [4.78, 5) is 4.77. The molecule has 0 aliphatic rings. The van der Waals surface area contributed by atoms with Crippen molar-refractivity contribution in [1.82, 2.24) is 9.80 Å². The second-order valence-corrected chi connectivity index (χ2v) is 3.81. The van der Waals surface area contributed by atoms with Gasteiger partial charge in [-0.05, 0) is 27.2 Å². The van der Waals surface area contributed by atoms with Crippen LogP contribution in [0.4, 0.5) is 0 Å². The van der Waals surface area contributed by atoms with Crippen LogP contribution in [0.1, 0.15) is 13.8 Å². The van der Waals surface area contributed by atoms with Crippen LogP contribution in [0.3, 0.4) is 0 Å². The minimum atomic E-state index is 0.704. The molecular formula is C7H20N2Si. The van der Waals surface area contributed by atoms with Gasteiger partial charge in [-0.1, -0.05) is 13.8 Å². The van der Waals surface area contributed by atoms with Crippen molar-refractivity contribution < 1.29 is 0 Å². The summed E-state index contributed by atoms with van der Waals surface area (Å²) >= 11 is 0. The molecule has 0 N–H and O–H groups in total. The van der Waals surface area contributed by atoms with Crippen molar-refractivity contribution in [3.05, 3.63) is 0 Å². The summed E-state index contributed by atoms with van der Waals surface area (Å²) in [6, 6.07) is 0. The number of rotatable bonds is 4. The fourth-order valence-corrected chi connectivity index (χ4v) is 1.60. The molecule has 0 spiro atoms. The lowest BCUT2D eigenvalue weighted by Crippen LogP contribution is -2.44. The van der Waals surface area contributed by atoms with Crippen molar-refractivity contribution in [3.8, 4) is 0 Å². The molecule has 0 saturated carbocycles. The molecule has 62 valence electrons. The molecule has 0 atom stereocenters. The van der Waals surface area contributed by atoms with Crippen LogP contribution in [0.5, 0.6) is 0 Å². The molecule has 2 nitrogen and oxygen atoms in total. The summed E-state index contributed by atoms with van der Waals surface area (Å²) in [6.45, 7) is 6.71. The zero-order valence-corrected chi connectivity index (χ0v) is 9.89. The maximum Gasteiger partial charge on any atom is 0.0428 e. The van der Waals surface area contributed by atoms with Gasteiger partial charge in [-0.3, -0.25) is 9.80 Å². The van der Waals surface area contributed by atoms with E-state index in [0.717, 1.165) is 13.1 Å². The van der Waals surface area contributed by atoms with E-state index in [9.17, 15) is 0 Å². The quantitative estimate of drug-likeness (QED) is 0.406. The Hall–Kier alpha value is 0.137. The summed E-state index contributed by atoms with van der Waals surface area (Å²) in [7, 11) is 5.60. The first-order chi connectivity index (χ1) is 4.63. The van der Waals surface area contributed by atoms with E-state index >= 15 is 0 Å². The zero-order valence-electron chi connectivity index (χ0n) is 7.89. The van der Waals surface area contributed by atoms with Gasteiger partial charge in [0.15, 0.2) is 0 Å². The van der Waals surface area contributed by atoms with Gasteiger partial charge in [0.2, 0.25) is 0 Å². The Labute approximate surface area is 67.6 Å². The van der Waals surface area contributed by atoms with Gasteiger partial charge in [0, 0.05) is 16.0 Å². The van der Waals surface area contributed by atoms with Gasteiger partial charge in [-0.25, -0.2) is 0 Å². The molecule has 3 heteroatoms. The molecule has 0 unspecified atom stereocenters. The van der Waals surface area contributed by atoms with Gasteiger partial charge in [0.25, 0.3) is 0 Å². The Morgan fingerprint density at radius 3 is 1.60 bits per heavy atom. The largest absolute Gasteiger partial charge is 0.295 e. The SMILES string of the molecule is CCN(C)C([SiH3])N(C)CC. The third kappa shape index (κ3) is 2.81. The first kappa shape index (κ1) is 10.1. The molecule has 0 aromatic carbocycles. The summed E-state index contributed by atoms with van der Waals surface area (Å²) < 4.78 is 0.